The monoisotopic (exact) mass is 538 g/mol. The summed E-state index contributed by atoms with van der Waals surface area (Å²) < 4.78 is 16.4. The summed E-state index contributed by atoms with van der Waals surface area (Å²) in [5.74, 6) is -0.633. The van der Waals surface area contributed by atoms with Gasteiger partial charge in [0.15, 0.2) is 11.6 Å². The maximum Gasteiger partial charge on any atom is 0.354 e. The summed E-state index contributed by atoms with van der Waals surface area (Å²) in [5.41, 5.74) is 20.1. The van der Waals surface area contributed by atoms with E-state index in [9.17, 15) is 14.0 Å². The molecule has 8 nitrogen and oxygen atoms in total. The minimum absolute atomic E-state index is 0.0318. The Morgan fingerprint density at radius 3 is 2.58 bits per heavy atom. The van der Waals surface area contributed by atoms with Crippen LogP contribution in [-0.2, 0) is 11.2 Å². The van der Waals surface area contributed by atoms with Crippen LogP contribution in [0.5, 0.6) is 0 Å². The Bertz CT molecular complexity index is 1500. The number of ketones is 1. The molecule has 10 heteroatoms. The zero-order valence-electron chi connectivity index (χ0n) is 21.2. The van der Waals surface area contributed by atoms with Crippen LogP contribution < -0.4 is 22.9 Å². The van der Waals surface area contributed by atoms with Crippen LogP contribution in [0.3, 0.4) is 0 Å². The number of nitrogens with zero attached hydrogens (tertiary/aromatic N) is 2. The summed E-state index contributed by atoms with van der Waals surface area (Å²) in [6.45, 7) is 2.38. The molecule has 2 aromatic heterocycles. The molecule has 0 aliphatic heterocycles. The highest BCUT2D eigenvalue weighted by Gasteiger charge is 2.17. The van der Waals surface area contributed by atoms with Crippen molar-refractivity contribution < 1.29 is 9.18 Å². The summed E-state index contributed by atoms with van der Waals surface area (Å²) in [6.07, 6.45) is 4.96. The van der Waals surface area contributed by atoms with Crippen molar-refractivity contribution in [3.05, 3.63) is 81.1 Å². The number of aromatic nitrogens is 3. The van der Waals surface area contributed by atoms with Gasteiger partial charge in [-0.25, -0.2) is 9.18 Å². The summed E-state index contributed by atoms with van der Waals surface area (Å²) in [5, 5.41) is 0.652. The van der Waals surface area contributed by atoms with Crippen molar-refractivity contribution in [2.45, 2.75) is 51.1 Å². The first-order chi connectivity index (χ1) is 18.2. The Morgan fingerprint density at radius 2 is 1.89 bits per heavy atom. The van der Waals surface area contributed by atoms with Gasteiger partial charge in [0.05, 0.1) is 22.4 Å². The summed E-state index contributed by atoms with van der Waals surface area (Å²) in [7, 11) is 0. The lowest BCUT2D eigenvalue weighted by molar-refractivity contribution is -0.120. The Balaban J connectivity index is 1.63. The lowest BCUT2D eigenvalue weighted by atomic mass is 10.0. The van der Waals surface area contributed by atoms with Crippen molar-refractivity contribution in [3.63, 3.8) is 0 Å². The van der Waals surface area contributed by atoms with Gasteiger partial charge in [0.2, 0.25) is 0 Å². The number of rotatable bonds is 11. The van der Waals surface area contributed by atoms with E-state index in [4.69, 9.17) is 28.8 Å². The van der Waals surface area contributed by atoms with E-state index in [1.807, 2.05) is 6.92 Å². The third-order valence-corrected chi connectivity index (χ3v) is 6.79. The molecule has 0 unspecified atom stereocenters. The Hall–Kier alpha value is -3.37. The third kappa shape index (κ3) is 6.19. The number of fused-ring (bicyclic) bond motifs is 1. The van der Waals surface area contributed by atoms with Crippen LogP contribution in [0.25, 0.3) is 28.0 Å². The summed E-state index contributed by atoms with van der Waals surface area (Å²) in [4.78, 5) is 32.2. The second-order valence-corrected chi connectivity index (χ2v) is 10.0. The van der Waals surface area contributed by atoms with E-state index >= 15 is 0 Å². The van der Waals surface area contributed by atoms with Crippen LogP contribution >= 0.6 is 11.6 Å². The molecule has 2 aromatic carbocycles. The van der Waals surface area contributed by atoms with Crippen molar-refractivity contribution in [1.82, 2.24) is 14.5 Å². The molecule has 0 radical (unpaired) electrons. The molecule has 0 spiro atoms. The fourth-order valence-corrected chi connectivity index (χ4v) is 4.64. The van der Waals surface area contributed by atoms with Crippen molar-refractivity contribution >= 4 is 28.4 Å². The van der Waals surface area contributed by atoms with Crippen LogP contribution in [0.1, 0.15) is 49.8 Å². The van der Waals surface area contributed by atoms with Gasteiger partial charge in [-0.3, -0.25) is 9.36 Å². The van der Waals surface area contributed by atoms with Crippen molar-refractivity contribution in [1.29, 1.82) is 0 Å². The molecule has 0 saturated heterocycles. The van der Waals surface area contributed by atoms with Gasteiger partial charge < -0.3 is 22.2 Å². The van der Waals surface area contributed by atoms with E-state index in [1.54, 1.807) is 48.7 Å². The largest absolute Gasteiger partial charge is 0.354 e. The van der Waals surface area contributed by atoms with E-state index in [2.05, 4.69) is 9.97 Å². The van der Waals surface area contributed by atoms with Gasteiger partial charge in [-0.1, -0.05) is 23.7 Å². The minimum Gasteiger partial charge on any atom is -0.339 e. The molecular formula is C28H32ClFN6O2. The highest BCUT2D eigenvalue weighted by Crippen LogP contribution is 2.31. The number of aryl methyl sites for hydroxylation is 1. The van der Waals surface area contributed by atoms with E-state index < -0.39 is 17.5 Å². The molecule has 4 rings (SSSR count). The Labute approximate surface area is 225 Å². The van der Waals surface area contributed by atoms with Crippen LogP contribution in [0.15, 0.2) is 53.5 Å². The van der Waals surface area contributed by atoms with Gasteiger partial charge in [0, 0.05) is 29.6 Å². The molecule has 0 aliphatic carbocycles. The molecule has 2 atom stereocenters. The van der Waals surface area contributed by atoms with Crippen LogP contribution in [0.2, 0.25) is 5.02 Å². The summed E-state index contributed by atoms with van der Waals surface area (Å²) in [6, 6.07) is 11.3. The number of carbonyl (C=O) groups is 1. The summed E-state index contributed by atoms with van der Waals surface area (Å²) >= 11 is 6.20. The first kappa shape index (κ1) is 27.7. The molecule has 0 fully saturated rings. The number of carbonyl (C=O) groups excluding carboxylic acids is 1. The molecule has 0 saturated carbocycles. The molecule has 200 valence electrons. The number of nitrogens with one attached hydrogen (secondary N) is 1. The van der Waals surface area contributed by atoms with E-state index in [0.717, 1.165) is 24.8 Å². The predicted molar refractivity (Wildman–Crippen MR) is 149 cm³/mol. The van der Waals surface area contributed by atoms with Gasteiger partial charge in [-0.05, 0) is 80.6 Å². The molecular weight excluding hydrogens is 507 g/mol. The number of hydrogen-bond acceptors (Lipinski definition) is 6. The van der Waals surface area contributed by atoms with Gasteiger partial charge in [-0.15, -0.1) is 0 Å². The van der Waals surface area contributed by atoms with Crippen LogP contribution in [0.4, 0.5) is 4.39 Å². The number of nitrogens with two attached hydrogens (primary N) is 3. The van der Waals surface area contributed by atoms with Gasteiger partial charge >= 0.3 is 5.69 Å². The fourth-order valence-electron chi connectivity index (χ4n) is 4.40. The number of aromatic amines is 1. The average molecular weight is 539 g/mol. The number of hydrogen-bond donors (Lipinski definition) is 4. The smallest absolute Gasteiger partial charge is 0.339 e. The van der Waals surface area contributed by atoms with Crippen molar-refractivity contribution in [2.24, 2.45) is 17.2 Å². The zero-order valence-corrected chi connectivity index (χ0v) is 22.0. The molecule has 0 aliphatic rings. The topological polar surface area (TPSA) is 146 Å². The van der Waals surface area contributed by atoms with Crippen molar-refractivity contribution in [3.8, 4) is 16.9 Å². The molecule has 38 heavy (non-hydrogen) atoms. The predicted octanol–water partition coefficient (Wildman–Crippen LogP) is 4.15. The van der Waals surface area contributed by atoms with Crippen LogP contribution in [-0.4, -0.2) is 32.9 Å². The lowest BCUT2D eigenvalue weighted by Crippen LogP contribution is -2.23. The Kier molecular flexibility index (Phi) is 8.73. The normalized spacial score (nSPS) is 13.1. The number of benzene rings is 2. The average Bonchev–Trinajstić information content (AvgIpc) is 3.30. The molecule has 7 N–H and O–H groups in total. The second-order valence-electron chi connectivity index (χ2n) is 9.62. The zero-order chi connectivity index (χ0) is 27.4. The lowest BCUT2D eigenvalue weighted by Gasteiger charge is -2.12. The van der Waals surface area contributed by atoms with Crippen LogP contribution in [0, 0.1) is 5.82 Å². The maximum atomic E-state index is 15.0. The van der Waals surface area contributed by atoms with Gasteiger partial charge in [0.25, 0.3) is 0 Å². The minimum atomic E-state index is -0.753. The molecule has 0 amide bonds. The van der Waals surface area contributed by atoms with Crippen molar-refractivity contribution in [2.75, 3.05) is 6.54 Å². The SMILES string of the molecule is C[C@H](N)CCCc1cc(Cl)c(F)c(-c2cc3cn(-c4ccc([C@H](N)C(=O)CCCN)cc4)c(=O)nc3[nH]2)c1. The molecule has 2 heterocycles. The van der Waals surface area contributed by atoms with Gasteiger partial charge in [0.1, 0.15) is 5.65 Å². The second kappa shape index (κ2) is 12.0. The number of H-pyrrole nitrogens is 1. The highest BCUT2D eigenvalue weighted by molar-refractivity contribution is 6.31. The highest BCUT2D eigenvalue weighted by atomic mass is 35.5. The standard InChI is InChI=1S/C28H32ClFN6O2/c1-16(32)4-2-5-17-12-21(25(30)22(29)13-17)23-14-19-15-36(28(38)35-27(19)34-23)20-9-7-18(8-10-20)26(33)24(37)6-3-11-31/h7-10,12-16,26H,2-6,11,31-33H2,1H3,(H,34,35,38)/t16-,26-/m0/s1. The fraction of sp³-hybridized carbons (Fsp3) is 0.321. The third-order valence-electron chi connectivity index (χ3n) is 6.52. The number of halogens is 2. The molecule has 4 aromatic rings. The van der Waals surface area contributed by atoms with E-state index in [1.165, 1.54) is 4.57 Å². The quantitative estimate of drug-likeness (QED) is 0.225. The maximum absolute atomic E-state index is 15.0. The first-order valence-corrected chi connectivity index (χ1v) is 13.0. The number of Topliss-reactive ketones (excluding diaryl/α,β-unsaturated/α-hetero) is 1. The Morgan fingerprint density at radius 1 is 1.16 bits per heavy atom. The van der Waals surface area contributed by atoms with Gasteiger partial charge in [-0.2, -0.15) is 4.98 Å². The molecule has 0 bridgehead atoms. The van der Waals surface area contributed by atoms with E-state index in [0.29, 0.717) is 52.9 Å². The van der Waals surface area contributed by atoms with E-state index in [-0.39, 0.29) is 16.8 Å². The first-order valence-electron chi connectivity index (χ1n) is 12.6.